The van der Waals surface area contributed by atoms with E-state index in [1.807, 2.05) is 37.8 Å². The predicted octanol–water partition coefficient (Wildman–Crippen LogP) is 3.99. The molecule has 25 heavy (non-hydrogen) atoms. The lowest BCUT2D eigenvalue weighted by Crippen LogP contribution is -2.32. The Bertz CT molecular complexity index is 918. The summed E-state index contributed by atoms with van der Waals surface area (Å²) in [6.45, 7) is 6.73. The molecule has 3 aromatic rings. The van der Waals surface area contributed by atoms with Crippen LogP contribution in [0.25, 0.3) is 10.9 Å². The van der Waals surface area contributed by atoms with E-state index in [1.165, 1.54) is 0 Å². The summed E-state index contributed by atoms with van der Waals surface area (Å²) in [5.41, 5.74) is 5.24. The summed E-state index contributed by atoms with van der Waals surface area (Å²) in [6.07, 6.45) is 2.42. The number of para-hydroxylation sites is 1. The summed E-state index contributed by atoms with van der Waals surface area (Å²) >= 11 is 0. The lowest BCUT2D eigenvalue weighted by Gasteiger charge is -2.25. The highest BCUT2D eigenvalue weighted by molar-refractivity contribution is 5.90. The van der Waals surface area contributed by atoms with Crippen LogP contribution in [0.1, 0.15) is 47.2 Å². The van der Waals surface area contributed by atoms with Gasteiger partial charge in [-0.05, 0) is 45.2 Å². The molecule has 5 nitrogen and oxygen atoms in total. The fourth-order valence-corrected chi connectivity index (χ4v) is 4.15. The van der Waals surface area contributed by atoms with Gasteiger partial charge in [-0.15, -0.1) is 0 Å². The molecule has 4 rings (SSSR count). The van der Waals surface area contributed by atoms with Crippen LogP contribution in [0.5, 0.6) is 0 Å². The third kappa shape index (κ3) is 2.64. The minimum absolute atomic E-state index is 0.0873. The lowest BCUT2D eigenvalue weighted by molar-refractivity contribution is -0.131. The van der Waals surface area contributed by atoms with Gasteiger partial charge >= 0.3 is 0 Å². The van der Waals surface area contributed by atoms with E-state index >= 15 is 0 Å². The number of hydrogen-bond acceptors (Lipinski definition) is 3. The van der Waals surface area contributed by atoms with Crippen molar-refractivity contribution in [2.45, 2.75) is 46.1 Å². The quantitative estimate of drug-likeness (QED) is 0.786. The maximum Gasteiger partial charge on any atom is 0.227 e. The summed E-state index contributed by atoms with van der Waals surface area (Å²) < 4.78 is 5.33. The molecule has 130 valence electrons. The van der Waals surface area contributed by atoms with Crippen LogP contribution in [-0.2, 0) is 11.2 Å². The van der Waals surface area contributed by atoms with Gasteiger partial charge in [-0.25, -0.2) is 0 Å². The SMILES string of the molecule is Cc1noc(C)c1C1CCCN1C(=O)Cc1c(C)[nH]c2ccccc12. The molecule has 1 aliphatic heterocycles. The van der Waals surface area contributed by atoms with Gasteiger partial charge in [0.15, 0.2) is 0 Å². The molecule has 5 heteroatoms. The first-order chi connectivity index (χ1) is 12.1. The van der Waals surface area contributed by atoms with Gasteiger partial charge in [0.05, 0.1) is 18.2 Å². The van der Waals surface area contributed by atoms with E-state index in [0.717, 1.165) is 58.6 Å². The molecule has 0 saturated carbocycles. The topological polar surface area (TPSA) is 62.1 Å². The molecule has 1 saturated heterocycles. The zero-order chi connectivity index (χ0) is 17.6. The van der Waals surface area contributed by atoms with Crippen LogP contribution in [0.4, 0.5) is 0 Å². The lowest BCUT2D eigenvalue weighted by atomic mass is 10.0. The van der Waals surface area contributed by atoms with Crippen molar-refractivity contribution in [3.8, 4) is 0 Å². The van der Waals surface area contributed by atoms with Crippen molar-refractivity contribution >= 4 is 16.8 Å². The Kier molecular flexibility index (Phi) is 3.86. The van der Waals surface area contributed by atoms with Crippen LogP contribution in [0.15, 0.2) is 28.8 Å². The van der Waals surface area contributed by atoms with Gasteiger partial charge in [-0.1, -0.05) is 23.4 Å². The van der Waals surface area contributed by atoms with Crippen molar-refractivity contribution in [2.75, 3.05) is 6.54 Å². The van der Waals surface area contributed by atoms with Gasteiger partial charge < -0.3 is 14.4 Å². The molecule has 1 unspecified atom stereocenters. The Labute approximate surface area is 147 Å². The Morgan fingerprint density at radius 1 is 1.32 bits per heavy atom. The van der Waals surface area contributed by atoms with Crippen molar-refractivity contribution in [2.24, 2.45) is 0 Å². The van der Waals surface area contributed by atoms with E-state index in [0.29, 0.717) is 6.42 Å². The number of hydrogen-bond donors (Lipinski definition) is 1. The minimum atomic E-state index is 0.0873. The van der Waals surface area contributed by atoms with Gasteiger partial charge in [0.2, 0.25) is 5.91 Å². The first kappa shape index (κ1) is 15.9. The van der Waals surface area contributed by atoms with Crippen molar-refractivity contribution in [3.05, 3.63) is 52.5 Å². The highest BCUT2D eigenvalue weighted by Crippen LogP contribution is 2.36. The Morgan fingerprint density at radius 3 is 2.88 bits per heavy atom. The largest absolute Gasteiger partial charge is 0.361 e. The number of likely N-dealkylation sites (tertiary alicyclic amines) is 1. The first-order valence-electron chi connectivity index (χ1n) is 8.84. The number of aryl methyl sites for hydroxylation is 3. The van der Waals surface area contributed by atoms with E-state index in [2.05, 4.69) is 22.3 Å². The number of aromatic amines is 1. The third-order valence-corrected chi connectivity index (χ3v) is 5.35. The summed E-state index contributed by atoms with van der Waals surface area (Å²) in [5, 5.41) is 5.21. The summed E-state index contributed by atoms with van der Waals surface area (Å²) in [7, 11) is 0. The Morgan fingerprint density at radius 2 is 2.12 bits per heavy atom. The number of carbonyl (C=O) groups is 1. The van der Waals surface area contributed by atoms with Crippen LogP contribution in [0, 0.1) is 20.8 Å². The maximum absolute atomic E-state index is 13.1. The summed E-state index contributed by atoms with van der Waals surface area (Å²) in [6, 6.07) is 8.25. The molecule has 0 radical (unpaired) electrons. The molecular weight excluding hydrogens is 314 g/mol. The second-order valence-corrected chi connectivity index (χ2v) is 6.93. The molecule has 3 heterocycles. The standard InChI is InChI=1S/C20H23N3O2/c1-12-16(15-7-4-5-8-17(15)21-12)11-19(24)23-10-6-9-18(23)20-13(2)22-25-14(20)3/h4-5,7-8,18,21H,6,9-11H2,1-3H3. The highest BCUT2D eigenvalue weighted by atomic mass is 16.5. The number of carbonyl (C=O) groups excluding carboxylic acids is 1. The molecule has 0 aliphatic carbocycles. The number of aromatic nitrogens is 2. The predicted molar refractivity (Wildman–Crippen MR) is 96.4 cm³/mol. The van der Waals surface area contributed by atoms with E-state index in [-0.39, 0.29) is 11.9 Å². The summed E-state index contributed by atoms with van der Waals surface area (Å²) in [4.78, 5) is 18.5. The average molecular weight is 337 g/mol. The molecule has 1 aromatic carbocycles. The molecule has 1 aliphatic rings. The van der Waals surface area contributed by atoms with E-state index in [9.17, 15) is 4.79 Å². The maximum atomic E-state index is 13.1. The molecule has 1 fully saturated rings. The molecule has 1 N–H and O–H groups in total. The van der Waals surface area contributed by atoms with Gasteiger partial charge in [0.25, 0.3) is 0 Å². The van der Waals surface area contributed by atoms with Crippen LogP contribution in [0.2, 0.25) is 0 Å². The van der Waals surface area contributed by atoms with Crippen LogP contribution in [-0.4, -0.2) is 27.5 Å². The molecular formula is C20H23N3O2. The fraction of sp³-hybridized carbons (Fsp3) is 0.400. The third-order valence-electron chi connectivity index (χ3n) is 5.35. The number of amides is 1. The second kappa shape index (κ2) is 6.06. The van der Waals surface area contributed by atoms with Gasteiger partial charge in [-0.3, -0.25) is 4.79 Å². The summed E-state index contributed by atoms with van der Waals surface area (Å²) in [5.74, 6) is 1.00. The smallest absolute Gasteiger partial charge is 0.227 e. The number of nitrogens with zero attached hydrogens (tertiary/aromatic N) is 2. The van der Waals surface area contributed by atoms with Gasteiger partial charge in [0, 0.05) is 28.7 Å². The zero-order valence-corrected chi connectivity index (χ0v) is 14.9. The van der Waals surface area contributed by atoms with Crippen LogP contribution in [0.3, 0.4) is 0 Å². The molecule has 0 bridgehead atoms. The van der Waals surface area contributed by atoms with Gasteiger partial charge in [0.1, 0.15) is 5.76 Å². The highest BCUT2D eigenvalue weighted by Gasteiger charge is 2.34. The second-order valence-electron chi connectivity index (χ2n) is 6.93. The molecule has 0 spiro atoms. The Hall–Kier alpha value is -2.56. The first-order valence-corrected chi connectivity index (χ1v) is 8.84. The molecule has 1 amide bonds. The minimum Gasteiger partial charge on any atom is -0.361 e. The van der Waals surface area contributed by atoms with Crippen LogP contribution < -0.4 is 0 Å². The number of benzene rings is 1. The number of nitrogens with one attached hydrogen (secondary N) is 1. The van der Waals surface area contributed by atoms with E-state index < -0.39 is 0 Å². The monoisotopic (exact) mass is 337 g/mol. The van der Waals surface area contributed by atoms with Crippen molar-refractivity contribution < 1.29 is 9.32 Å². The average Bonchev–Trinajstić information content (AvgIpc) is 3.26. The van der Waals surface area contributed by atoms with E-state index in [1.54, 1.807) is 0 Å². The van der Waals surface area contributed by atoms with Crippen molar-refractivity contribution in [1.29, 1.82) is 0 Å². The fourth-order valence-electron chi connectivity index (χ4n) is 4.15. The normalized spacial score (nSPS) is 17.6. The number of H-pyrrole nitrogens is 1. The number of fused-ring (bicyclic) bond motifs is 1. The Balaban J connectivity index is 1.63. The zero-order valence-electron chi connectivity index (χ0n) is 14.9. The van der Waals surface area contributed by atoms with Gasteiger partial charge in [-0.2, -0.15) is 0 Å². The molecule has 1 atom stereocenters. The molecule has 2 aromatic heterocycles. The van der Waals surface area contributed by atoms with E-state index in [4.69, 9.17) is 4.52 Å². The van der Waals surface area contributed by atoms with Crippen LogP contribution >= 0.6 is 0 Å². The number of rotatable bonds is 3. The van der Waals surface area contributed by atoms with Crippen molar-refractivity contribution in [3.63, 3.8) is 0 Å². The van der Waals surface area contributed by atoms with Crippen molar-refractivity contribution in [1.82, 2.24) is 15.0 Å².